The summed E-state index contributed by atoms with van der Waals surface area (Å²) in [5, 5.41) is 17.8. The van der Waals surface area contributed by atoms with E-state index in [1.807, 2.05) is 12.1 Å². The highest BCUT2D eigenvalue weighted by molar-refractivity contribution is 6.31. The SMILES string of the molecule is CN(C(=O)O)c1ccc(-c2cnc([C@@H]3CCc4cc(-c5cc(Cl)ccc5-n5cc(Cl)nn5)cc(=O)n43)[nH]2)cn1. The van der Waals surface area contributed by atoms with Gasteiger partial charge in [0.2, 0.25) is 0 Å². The Kier molecular flexibility index (Phi) is 6.16. The summed E-state index contributed by atoms with van der Waals surface area (Å²) >= 11 is 12.3. The minimum atomic E-state index is -1.10. The summed E-state index contributed by atoms with van der Waals surface area (Å²) in [7, 11) is 1.43. The van der Waals surface area contributed by atoms with Crippen LogP contribution < -0.4 is 10.5 Å². The molecule has 5 aromatic rings. The molecule has 5 heterocycles. The number of carboxylic acid groups (broad SMARTS) is 1. The van der Waals surface area contributed by atoms with Crippen molar-refractivity contribution in [3.63, 3.8) is 0 Å². The summed E-state index contributed by atoms with van der Waals surface area (Å²) < 4.78 is 3.30. The van der Waals surface area contributed by atoms with Crippen molar-refractivity contribution in [2.24, 2.45) is 0 Å². The number of aromatic amines is 1. The molecule has 1 amide bonds. The first-order chi connectivity index (χ1) is 18.8. The second-order valence-corrected chi connectivity index (χ2v) is 9.90. The zero-order chi connectivity index (χ0) is 27.3. The van der Waals surface area contributed by atoms with Crippen LogP contribution in [0, 0.1) is 0 Å². The third kappa shape index (κ3) is 4.55. The fraction of sp³-hybridized carbons (Fsp3) is 0.154. The molecule has 4 aromatic heterocycles. The molecule has 1 aliphatic heterocycles. The first-order valence-electron chi connectivity index (χ1n) is 11.9. The highest BCUT2D eigenvalue weighted by Crippen LogP contribution is 2.34. The van der Waals surface area contributed by atoms with Crippen molar-refractivity contribution in [1.82, 2.24) is 34.5 Å². The Labute approximate surface area is 231 Å². The number of rotatable bonds is 5. The molecule has 11 nitrogen and oxygen atoms in total. The Hall–Kier alpha value is -4.48. The molecule has 0 radical (unpaired) electrons. The van der Waals surface area contributed by atoms with Crippen LogP contribution in [0.25, 0.3) is 28.1 Å². The van der Waals surface area contributed by atoms with Crippen LogP contribution in [0.2, 0.25) is 10.2 Å². The molecular formula is C26H20Cl2N8O3. The molecule has 0 fully saturated rings. The van der Waals surface area contributed by atoms with Gasteiger partial charge in [-0.15, -0.1) is 5.10 Å². The number of anilines is 1. The molecular weight excluding hydrogens is 543 g/mol. The molecule has 0 saturated heterocycles. The van der Waals surface area contributed by atoms with Crippen molar-refractivity contribution in [1.29, 1.82) is 0 Å². The van der Waals surface area contributed by atoms with E-state index in [0.717, 1.165) is 27.4 Å². The van der Waals surface area contributed by atoms with Crippen LogP contribution in [0.3, 0.4) is 0 Å². The molecule has 1 aromatic carbocycles. The molecule has 196 valence electrons. The summed E-state index contributed by atoms with van der Waals surface area (Å²) in [6.07, 6.45) is 5.15. The molecule has 0 bridgehead atoms. The van der Waals surface area contributed by atoms with Gasteiger partial charge in [-0.2, -0.15) is 0 Å². The first-order valence-corrected chi connectivity index (χ1v) is 12.7. The highest BCUT2D eigenvalue weighted by atomic mass is 35.5. The average molecular weight is 563 g/mol. The number of H-pyrrole nitrogens is 1. The van der Waals surface area contributed by atoms with Gasteiger partial charge in [0.1, 0.15) is 11.6 Å². The fourth-order valence-corrected chi connectivity index (χ4v) is 5.10. The monoisotopic (exact) mass is 562 g/mol. The van der Waals surface area contributed by atoms with Gasteiger partial charge in [0.25, 0.3) is 5.56 Å². The van der Waals surface area contributed by atoms with Crippen LogP contribution in [-0.4, -0.2) is 52.8 Å². The number of nitrogens with one attached hydrogen (secondary N) is 1. The van der Waals surface area contributed by atoms with Crippen LogP contribution in [-0.2, 0) is 6.42 Å². The predicted octanol–water partition coefficient (Wildman–Crippen LogP) is 4.84. The van der Waals surface area contributed by atoms with E-state index in [0.29, 0.717) is 40.8 Å². The van der Waals surface area contributed by atoms with Gasteiger partial charge in [0.05, 0.1) is 29.8 Å². The largest absolute Gasteiger partial charge is 0.465 e. The summed E-state index contributed by atoms with van der Waals surface area (Å²) in [5.74, 6) is 0.971. The molecule has 0 aliphatic carbocycles. The minimum Gasteiger partial charge on any atom is -0.465 e. The van der Waals surface area contributed by atoms with Crippen molar-refractivity contribution < 1.29 is 9.90 Å². The van der Waals surface area contributed by atoms with Gasteiger partial charge in [0.15, 0.2) is 5.15 Å². The summed E-state index contributed by atoms with van der Waals surface area (Å²) in [4.78, 5) is 37.7. The summed E-state index contributed by atoms with van der Waals surface area (Å²) in [6.45, 7) is 0. The predicted molar refractivity (Wildman–Crippen MR) is 146 cm³/mol. The van der Waals surface area contributed by atoms with Gasteiger partial charge in [-0.25, -0.2) is 19.4 Å². The van der Waals surface area contributed by atoms with E-state index in [2.05, 4.69) is 25.3 Å². The van der Waals surface area contributed by atoms with Crippen molar-refractivity contribution in [3.05, 3.63) is 93.1 Å². The van der Waals surface area contributed by atoms with Crippen LogP contribution in [0.5, 0.6) is 0 Å². The number of fused-ring (bicyclic) bond motifs is 1. The zero-order valence-corrected chi connectivity index (χ0v) is 21.9. The maximum Gasteiger partial charge on any atom is 0.412 e. The van der Waals surface area contributed by atoms with Crippen LogP contribution >= 0.6 is 23.2 Å². The third-order valence-corrected chi connectivity index (χ3v) is 7.12. The third-order valence-electron chi connectivity index (χ3n) is 6.72. The van der Waals surface area contributed by atoms with E-state index in [4.69, 9.17) is 28.3 Å². The van der Waals surface area contributed by atoms with E-state index in [-0.39, 0.29) is 16.8 Å². The molecule has 1 aliphatic rings. The number of carbonyl (C=O) groups is 1. The fourth-order valence-electron chi connectivity index (χ4n) is 4.80. The number of aromatic nitrogens is 7. The summed E-state index contributed by atoms with van der Waals surface area (Å²) in [6, 6.07) is 12.0. The van der Waals surface area contributed by atoms with Crippen molar-refractivity contribution in [2.45, 2.75) is 18.9 Å². The molecule has 0 saturated carbocycles. The van der Waals surface area contributed by atoms with E-state index in [1.54, 1.807) is 58.2 Å². The maximum atomic E-state index is 13.4. The Bertz CT molecular complexity index is 1780. The lowest BCUT2D eigenvalue weighted by atomic mass is 10.0. The van der Waals surface area contributed by atoms with Gasteiger partial charge < -0.3 is 14.7 Å². The van der Waals surface area contributed by atoms with Gasteiger partial charge in [-0.05, 0) is 54.8 Å². The Balaban J connectivity index is 1.32. The lowest BCUT2D eigenvalue weighted by Crippen LogP contribution is -2.24. The van der Waals surface area contributed by atoms with Crippen LogP contribution in [0.15, 0.2) is 65.8 Å². The smallest absolute Gasteiger partial charge is 0.412 e. The maximum absolute atomic E-state index is 13.4. The summed E-state index contributed by atoms with van der Waals surface area (Å²) in [5.41, 5.74) is 4.34. The van der Waals surface area contributed by atoms with Gasteiger partial charge in [-0.1, -0.05) is 28.4 Å². The number of hydrogen-bond acceptors (Lipinski definition) is 6. The standard InChI is InChI=1S/C26H20Cl2N8O3/c1-34(26(38)39)23-7-2-14(11-29-23)19-12-30-25(31-19)21-6-4-17-8-15(9-24(37)36(17)21)18-10-16(27)3-5-20(18)35-13-22(28)32-33-35/h2-3,5,7-13,21H,4,6H2,1H3,(H,30,31)(H,38,39)/t21-/m0/s1. The Morgan fingerprint density at radius 2 is 1.95 bits per heavy atom. The molecule has 0 spiro atoms. The quantitative estimate of drug-likeness (QED) is 0.313. The number of imidazole rings is 1. The molecule has 39 heavy (non-hydrogen) atoms. The van der Waals surface area contributed by atoms with Gasteiger partial charge >= 0.3 is 6.09 Å². The number of amides is 1. The van der Waals surface area contributed by atoms with Crippen LogP contribution in [0.4, 0.5) is 10.6 Å². The number of hydrogen-bond donors (Lipinski definition) is 2. The van der Waals surface area contributed by atoms with Crippen LogP contribution in [0.1, 0.15) is 24.0 Å². The van der Waals surface area contributed by atoms with Gasteiger partial charge in [-0.3, -0.25) is 9.69 Å². The normalized spacial score (nSPS) is 14.4. The Morgan fingerprint density at radius 3 is 2.67 bits per heavy atom. The number of halogens is 2. The minimum absolute atomic E-state index is 0.159. The van der Waals surface area contributed by atoms with Crippen molar-refractivity contribution in [2.75, 3.05) is 11.9 Å². The molecule has 0 unspecified atom stereocenters. The molecule has 2 N–H and O–H groups in total. The first kappa shape index (κ1) is 24.8. The van der Waals surface area contributed by atoms with Crippen molar-refractivity contribution in [3.8, 4) is 28.1 Å². The van der Waals surface area contributed by atoms with E-state index in [9.17, 15) is 9.59 Å². The lowest BCUT2D eigenvalue weighted by molar-refractivity contribution is 0.203. The van der Waals surface area contributed by atoms with E-state index >= 15 is 0 Å². The van der Waals surface area contributed by atoms with E-state index < -0.39 is 6.09 Å². The average Bonchev–Trinajstić information content (AvgIpc) is 3.68. The molecule has 13 heteroatoms. The number of aryl methyl sites for hydroxylation is 1. The topological polar surface area (TPSA) is 135 Å². The second-order valence-electron chi connectivity index (χ2n) is 9.07. The number of benzene rings is 1. The highest BCUT2D eigenvalue weighted by Gasteiger charge is 2.28. The van der Waals surface area contributed by atoms with Gasteiger partial charge in [0, 0.05) is 41.2 Å². The molecule has 6 rings (SSSR count). The number of nitrogens with zero attached hydrogens (tertiary/aromatic N) is 7. The number of pyridine rings is 2. The van der Waals surface area contributed by atoms with Crippen molar-refractivity contribution >= 4 is 35.1 Å². The second kappa shape index (κ2) is 9.68. The molecule has 1 atom stereocenters. The zero-order valence-electron chi connectivity index (χ0n) is 20.4. The Morgan fingerprint density at radius 1 is 1.10 bits per heavy atom. The van der Waals surface area contributed by atoms with E-state index in [1.165, 1.54) is 7.05 Å². The lowest BCUT2D eigenvalue weighted by Gasteiger charge is -2.15.